The molecule has 6 heterocycles. The van der Waals surface area contributed by atoms with E-state index >= 15 is 0 Å². The summed E-state index contributed by atoms with van der Waals surface area (Å²) in [6, 6.07) is 40.8. The van der Waals surface area contributed by atoms with E-state index in [0.29, 0.717) is 17.8 Å². The lowest BCUT2D eigenvalue weighted by Gasteiger charge is -2.22. The number of H-pyrrole nitrogens is 2. The summed E-state index contributed by atoms with van der Waals surface area (Å²) in [4.78, 5) is 33.1. The second-order valence-electron chi connectivity index (χ2n) is 12.3. The highest BCUT2D eigenvalue weighted by Gasteiger charge is 2.37. The van der Waals surface area contributed by atoms with Crippen molar-refractivity contribution in [3.63, 3.8) is 0 Å². The molecule has 8 bridgehead atoms. The fourth-order valence-electron chi connectivity index (χ4n) is 6.97. The van der Waals surface area contributed by atoms with Crippen molar-refractivity contribution < 1.29 is 9.53 Å². The van der Waals surface area contributed by atoms with Crippen molar-refractivity contribution in [1.29, 1.82) is 0 Å². The summed E-state index contributed by atoms with van der Waals surface area (Å²) in [6.07, 6.45) is 8.38. The van der Waals surface area contributed by atoms with Crippen LogP contribution in [0.25, 0.3) is 68.6 Å². The predicted octanol–water partition coefficient (Wildman–Crippen LogP) is 9.56. The van der Waals surface area contributed by atoms with Gasteiger partial charge in [-0.2, -0.15) is 0 Å². The number of amides is 1. The molecule has 9 rings (SSSR count). The van der Waals surface area contributed by atoms with Crippen molar-refractivity contribution in [2.24, 2.45) is 0 Å². The van der Waals surface area contributed by atoms with E-state index in [9.17, 15) is 4.79 Å². The standard InChI is InChI=1S/C42H31N5O2/c48-42-47(32(26-49-42)24-27-10-4-1-5-11-27)41-37-22-20-35(45-37)39(28-12-6-2-7-13-28)33-18-16-30(43-33)25-31-17-19-34(44-31)40(29-14-8-3-9-15-29)36-21-23-38(41)46-36/h1-23,25,32,43,46H,24,26H2/t32-/m1/s1. The minimum Gasteiger partial charge on any atom is -0.447 e. The maximum Gasteiger partial charge on any atom is 0.414 e. The fraction of sp³-hybridized carbons (Fsp3) is 0.0714. The summed E-state index contributed by atoms with van der Waals surface area (Å²) in [5.41, 5.74) is 12.5. The predicted molar refractivity (Wildman–Crippen MR) is 197 cm³/mol. The Hall–Kier alpha value is -6.47. The number of carbonyl (C=O) groups is 1. The Morgan fingerprint density at radius 2 is 1.22 bits per heavy atom. The fourth-order valence-corrected chi connectivity index (χ4v) is 6.97. The van der Waals surface area contributed by atoms with Crippen LogP contribution in [0.2, 0.25) is 0 Å². The number of aromatic amines is 2. The van der Waals surface area contributed by atoms with Crippen molar-refractivity contribution in [3.8, 4) is 22.3 Å². The molecule has 3 aliphatic rings. The number of ether oxygens (including phenoxy) is 1. The number of hydrogen-bond acceptors (Lipinski definition) is 4. The third kappa shape index (κ3) is 5.31. The van der Waals surface area contributed by atoms with Gasteiger partial charge in [0.2, 0.25) is 0 Å². The van der Waals surface area contributed by atoms with E-state index in [1.165, 1.54) is 0 Å². The molecule has 236 valence electrons. The second-order valence-corrected chi connectivity index (χ2v) is 12.3. The number of nitrogens with zero attached hydrogens (tertiary/aromatic N) is 3. The zero-order chi connectivity index (χ0) is 32.7. The van der Waals surface area contributed by atoms with E-state index in [-0.39, 0.29) is 12.6 Å². The molecule has 3 aromatic heterocycles. The molecular formula is C42H31N5O2. The highest BCUT2D eigenvalue weighted by molar-refractivity contribution is 6.02. The first-order valence-corrected chi connectivity index (χ1v) is 16.4. The van der Waals surface area contributed by atoms with E-state index in [1.54, 1.807) is 4.90 Å². The summed E-state index contributed by atoms with van der Waals surface area (Å²) < 4.78 is 5.75. The molecule has 1 amide bonds. The molecule has 0 aliphatic carbocycles. The minimum atomic E-state index is -0.391. The number of benzene rings is 3. The quantitative estimate of drug-likeness (QED) is 0.197. The van der Waals surface area contributed by atoms with Gasteiger partial charge in [-0.05, 0) is 77.7 Å². The van der Waals surface area contributed by atoms with Gasteiger partial charge < -0.3 is 14.7 Å². The zero-order valence-corrected chi connectivity index (χ0v) is 26.5. The van der Waals surface area contributed by atoms with Crippen LogP contribution >= 0.6 is 0 Å². The lowest BCUT2D eigenvalue weighted by atomic mass is 10.0. The lowest BCUT2D eigenvalue weighted by molar-refractivity contribution is 0.178. The number of anilines is 1. The van der Waals surface area contributed by atoms with Crippen LogP contribution in [-0.2, 0) is 11.2 Å². The number of hydrogen-bond donors (Lipinski definition) is 2. The molecule has 0 spiro atoms. The topological polar surface area (TPSA) is 86.9 Å². The third-order valence-electron chi connectivity index (χ3n) is 9.19. The van der Waals surface area contributed by atoms with Gasteiger partial charge in [-0.25, -0.2) is 14.8 Å². The van der Waals surface area contributed by atoms with E-state index in [0.717, 1.165) is 67.0 Å². The van der Waals surface area contributed by atoms with Gasteiger partial charge in [-0.3, -0.25) is 4.90 Å². The maximum absolute atomic E-state index is 13.7. The first-order valence-electron chi connectivity index (χ1n) is 16.4. The van der Waals surface area contributed by atoms with Crippen LogP contribution in [0.5, 0.6) is 0 Å². The highest BCUT2D eigenvalue weighted by Crippen LogP contribution is 2.37. The monoisotopic (exact) mass is 637 g/mol. The Morgan fingerprint density at radius 1 is 0.633 bits per heavy atom. The van der Waals surface area contributed by atoms with Crippen LogP contribution in [0.1, 0.15) is 28.3 Å². The van der Waals surface area contributed by atoms with Gasteiger partial charge in [0, 0.05) is 27.7 Å². The largest absolute Gasteiger partial charge is 0.447 e. The van der Waals surface area contributed by atoms with E-state index in [2.05, 4.69) is 76.7 Å². The number of carbonyl (C=O) groups excluding carboxylic acids is 1. The normalized spacial score (nSPS) is 15.1. The lowest BCUT2D eigenvalue weighted by Crippen LogP contribution is -2.35. The van der Waals surface area contributed by atoms with Crippen LogP contribution in [-0.4, -0.2) is 38.7 Å². The van der Waals surface area contributed by atoms with Crippen molar-refractivity contribution in [1.82, 2.24) is 19.9 Å². The Morgan fingerprint density at radius 3 is 1.96 bits per heavy atom. The molecule has 1 saturated heterocycles. The summed E-state index contributed by atoms with van der Waals surface area (Å²) in [6.45, 7) is 0.281. The Bertz CT molecular complexity index is 2410. The average Bonchev–Trinajstić information content (AvgIpc) is 3.99. The molecule has 7 heteroatoms. The van der Waals surface area contributed by atoms with Crippen LogP contribution in [0.4, 0.5) is 10.5 Å². The van der Waals surface area contributed by atoms with Crippen LogP contribution in [0.15, 0.2) is 121 Å². The van der Waals surface area contributed by atoms with E-state index < -0.39 is 6.09 Å². The molecular weight excluding hydrogens is 606 g/mol. The van der Waals surface area contributed by atoms with Crippen molar-refractivity contribution in [2.75, 3.05) is 11.5 Å². The van der Waals surface area contributed by atoms with Crippen molar-refractivity contribution >= 4 is 58.2 Å². The first-order chi connectivity index (χ1) is 24.2. The van der Waals surface area contributed by atoms with Gasteiger partial charge in [0.05, 0.1) is 40.0 Å². The molecule has 6 aromatic rings. The van der Waals surface area contributed by atoms with Crippen molar-refractivity contribution in [3.05, 3.63) is 150 Å². The first kappa shape index (κ1) is 28.7. The molecule has 0 unspecified atom stereocenters. The molecule has 49 heavy (non-hydrogen) atoms. The Kier molecular flexibility index (Phi) is 7.01. The summed E-state index contributed by atoms with van der Waals surface area (Å²) in [5, 5.41) is 0. The number of rotatable bonds is 5. The molecule has 1 atom stereocenters. The highest BCUT2D eigenvalue weighted by atomic mass is 16.6. The zero-order valence-electron chi connectivity index (χ0n) is 26.5. The van der Waals surface area contributed by atoms with Gasteiger partial charge >= 0.3 is 6.09 Å². The number of cyclic esters (lactones) is 1. The number of fused-ring (bicyclic) bond motifs is 8. The Balaban J connectivity index is 1.38. The molecule has 0 saturated carbocycles. The summed E-state index contributed by atoms with van der Waals surface area (Å²) in [7, 11) is 0. The number of nitrogens with one attached hydrogen (secondary N) is 2. The van der Waals surface area contributed by atoms with Crippen LogP contribution in [0, 0.1) is 0 Å². The molecule has 3 aromatic carbocycles. The number of aromatic nitrogens is 4. The molecule has 0 radical (unpaired) electrons. The van der Waals surface area contributed by atoms with Crippen molar-refractivity contribution in [2.45, 2.75) is 12.5 Å². The summed E-state index contributed by atoms with van der Waals surface area (Å²) in [5.74, 6) is 0. The average molecular weight is 638 g/mol. The van der Waals surface area contributed by atoms with Gasteiger partial charge in [0.25, 0.3) is 0 Å². The van der Waals surface area contributed by atoms with E-state index in [4.69, 9.17) is 14.7 Å². The molecule has 1 fully saturated rings. The van der Waals surface area contributed by atoms with Crippen LogP contribution < -0.4 is 4.90 Å². The SMILES string of the molecule is O=C1OC[C@@H](Cc2ccccc2)N1c1c2nc(c(-c3ccccc3)c3ccc(cc4nc(c(-c5ccccc5)c5ccc1[nH]5)C=C4)[nH]3)C=C2. The van der Waals surface area contributed by atoms with E-state index in [1.807, 2.05) is 78.9 Å². The molecule has 7 nitrogen and oxygen atoms in total. The van der Waals surface area contributed by atoms with Gasteiger partial charge in [-0.1, -0.05) is 91.0 Å². The molecule has 2 N–H and O–H groups in total. The third-order valence-corrected chi connectivity index (χ3v) is 9.19. The second kappa shape index (κ2) is 12.0. The Labute approximate surface area is 282 Å². The van der Waals surface area contributed by atoms with Gasteiger partial charge in [0.15, 0.2) is 0 Å². The van der Waals surface area contributed by atoms with Gasteiger partial charge in [-0.15, -0.1) is 0 Å². The molecule has 3 aliphatic heterocycles. The smallest absolute Gasteiger partial charge is 0.414 e. The minimum absolute atomic E-state index is 0.224. The van der Waals surface area contributed by atoms with Crippen LogP contribution in [0.3, 0.4) is 0 Å². The maximum atomic E-state index is 13.7. The summed E-state index contributed by atoms with van der Waals surface area (Å²) >= 11 is 0. The van der Waals surface area contributed by atoms with Gasteiger partial charge in [0.1, 0.15) is 6.61 Å².